The van der Waals surface area contributed by atoms with Crippen LogP contribution < -0.4 is 5.32 Å². The van der Waals surface area contributed by atoms with E-state index in [4.69, 9.17) is 16.3 Å². The first-order valence-corrected chi connectivity index (χ1v) is 5.44. The quantitative estimate of drug-likeness (QED) is 0.815. The van der Waals surface area contributed by atoms with Crippen LogP contribution in [-0.2, 0) is 4.74 Å². The third-order valence-corrected chi connectivity index (χ3v) is 2.77. The van der Waals surface area contributed by atoms with Crippen molar-refractivity contribution in [2.45, 2.75) is 6.92 Å². The van der Waals surface area contributed by atoms with Crippen molar-refractivity contribution in [2.24, 2.45) is 5.41 Å². The molecule has 1 aliphatic heterocycles. The molecule has 1 fully saturated rings. The minimum atomic E-state index is -0.127. The summed E-state index contributed by atoms with van der Waals surface area (Å²) in [6, 6.07) is 3.19. The van der Waals surface area contributed by atoms with Gasteiger partial charge in [0.05, 0.1) is 13.2 Å². The van der Waals surface area contributed by atoms with Crippen molar-refractivity contribution in [1.29, 1.82) is 0 Å². The highest BCUT2D eigenvalue weighted by molar-refractivity contribution is 6.29. The summed E-state index contributed by atoms with van der Waals surface area (Å²) >= 11 is 5.71. The fourth-order valence-electron chi connectivity index (χ4n) is 1.49. The molecule has 1 aromatic heterocycles. The number of carbonyl (C=O) groups excluding carboxylic acids is 1. The Hall–Kier alpha value is -1.13. The normalized spacial score (nSPS) is 17.6. The molecular formula is C11H13ClN2O2. The van der Waals surface area contributed by atoms with Crippen molar-refractivity contribution < 1.29 is 9.53 Å². The zero-order valence-electron chi connectivity index (χ0n) is 9.00. The van der Waals surface area contributed by atoms with Gasteiger partial charge in [0.1, 0.15) is 5.15 Å². The largest absolute Gasteiger partial charge is 0.380 e. The van der Waals surface area contributed by atoms with Gasteiger partial charge in [-0.2, -0.15) is 0 Å². The van der Waals surface area contributed by atoms with Crippen LogP contribution in [0.2, 0.25) is 5.15 Å². The Labute approximate surface area is 99.0 Å². The van der Waals surface area contributed by atoms with E-state index in [1.54, 1.807) is 12.1 Å². The van der Waals surface area contributed by atoms with Crippen LogP contribution in [0.5, 0.6) is 0 Å². The van der Waals surface area contributed by atoms with Crippen molar-refractivity contribution in [3.05, 3.63) is 29.0 Å². The van der Waals surface area contributed by atoms with Crippen molar-refractivity contribution in [3.8, 4) is 0 Å². The second-order valence-corrected chi connectivity index (χ2v) is 4.74. The molecule has 1 N–H and O–H groups in total. The standard InChI is InChI=1S/C11H13ClN2O2/c1-11(6-16-7-11)5-14-10(15)8-2-3-13-9(12)4-8/h2-4H,5-7H2,1H3,(H,14,15). The molecule has 1 aromatic rings. The molecule has 0 spiro atoms. The van der Waals surface area contributed by atoms with Gasteiger partial charge >= 0.3 is 0 Å². The molecule has 4 nitrogen and oxygen atoms in total. The van der Waals surface area contributed by atoms with E-state index in [2.05, 4.69) is 17.2 Å². The fourth-order valence-corrected chi connectivity index (χ4v) is 1.67. The summed E-state index contributed by atoms with van der Waals surface area (Å²) in [6.07, 6.45) is 1.52. The monoisotopic (exact) mass is 240 g/mol. The summed E-state index contributed by atoms with van der Waals surface area (Å²) < 4.78 is 5.11. The summed E-state index contributed by atoms with van der Waals surface area (Å²) in [6.45, 7) is 4.09. The summed E-state index contributed by atoms with van der Waals surface area (Å²) in [7, 11) is 0. The number of rotatable bonds is 3. The number of amides is 1. The maximum atomic E-state index is 11.7. The molecule has 86 valence electrons. The first-order valence-electron chi connectivity index (χ1n) is 5.07. The lowest BCUT2D eigenvalue weighted by molar-refractivity contribution is -0.0978. The van der Waals surface area contributed by atoms with Crippen LogP contribution >= 0.6 is 11.6 Å². The number of nitrogens with zero attached hydrogens (tertiary/aromatic N) is 1. The van der Waals surface area contributed by atoms with E-state index in [1.807, 2.05) is 0 Å². The summed E-state index contributed by atoms with van der Waals surface area (Å²) in [5.74, 6) is -0.127. The van der Waals surface area contributed by atoms with E-state index in [-0.39, 0.29) is 11.3 Å². The lowest BCUT2D eigenvalue weighted by atomic mass is 9.89. The Bertz CT molecular complexity index is 405. The lowest BCUT2D eigenvalue weighted by Gasteiger charge is -2.38. The summed E-state index contributed by atoms with van der Waals surface area (Å²) in [4.78, 5) is 15.6. The number of aromatic nitrogens is 1. The number of pyridine rings is 1. The molecule has 0 atom stereocenters. The Morgan fingerprint density at radius 3 is 3.00 bits per heavy atom. The molecule has 2 rings (SSSR count). The van der Waals surface area contributed by atoms with Crippen LogP contribution in [0.4, 0.5) is 0 Å². The number of hydrogen-bond donors (Lipinski definition) is 1. The van der Waals surface area contributed by atoms with Crippen LogP contribution in [0.25, 0.3) is 0 Å². The molecule has 5 heteroatoms. The van der Waals surface area contributed by atoms with Gasteiger partial charge in [-0.1, -0.05) is 18.5 Å². The van der Waals surface area contributed by atoms with E-state index >= 15 is 0 Å². The van der Waals surface area contributed by atoms with Gasteiger partial charge < -0.3 is 10.1 Å². The maximum absolute atomic E-state index is 11.7. The Balaban J connectivity index is 1.93. The first-order chi connectivity index (χ1) is 7.59. The smallest absolute Gasteiger partial charge is 0.251 e. The van der Waals surface area contributed by atoms with Crippen LogP contribution in [0.15, 0.2) is 18.3 Å². The minimum Gasteiger partial charge on any atom is -0.380 e. The molecule has 2 heterocycles. The van der Waals surface area contributed by atoms with Gasteiger partial charge in [0.15, 0.2) is 0 Å². The van der Waals surface area contributed by atoms with Gasteiger partial charge in [0, 0.05) is 23.7 Å². The summed E-state index contributed by atoms with van der Waals surface area (Å²) in [5.41, 5.74) is 0.607. The maximum Gasteiger partial charge on any atom is 0.251 e. The number of hydrogen-bond acceptors (Lipinski definition) is 3. The van der Waals surface area contributed by atoms with Gasteiger partial charge in [0.2, 0.25) is 0 Å². The van der Waals surface area contributed by atoms with Gasteiger partial charge in [-0.3, -0.25) is 4.79 Å². The van der Waals surface area contributed by atoms with Crippen molar-refractivity contribution in [1.82, 2.24) is 10.3 Å². The van der Waals surface area contributed by atoms with Crippen molar-refractivity contribution in [3.63, 3.8) is 0 Å². The first kappa shape index (κ1) is 11.4. The van der Waals surface area contributed by atoms with Crippen LogP contribution in [-0.4, -0.2) is 30.6 Å². The Morgan fingerprint density at radius 2 is 2.44 bits per heavy atom. The second kappa shape index (κ2) is 4.39. The molecule has 1 saturated heterocycles. The van der Waals surface area contributed by atoms with Gasteiger partial charge in [-0.25, -0.2) is 4.98 Å². The predicted molar refractivity (Wildman–Crippen MR) is 60.5 cm³/mol. The number of carbonyl (C=O) groups is 1. The van der Waals surface area contributed by atoms with Gasteiger partial charge in [-0.05, 0) is 12.1 Å². The molecule has 1 aliphatic rings. The lowest BCUT2D eigenvalue weighted by Crippen LogP contribution is -2.48. The molecule has 0 unspecified atom stereocenters. The summed E-state index contributed by atoms with van der Waals surface area (Å²) in [5, 5.41) is 3.19. The van der Waals surface area contributed by atoms with Crippen molar-refractivity contribution >= 4 is 17.5 Å². The van der Waals surface area contributed by atoms with E-state index in [1.165, 1.54) is 6.20 Å². The zero-order chi connectivity index (χ0) is 11.6. The molecular weight excluding hydrogens is 228 g/mol. The minimum absolute atomic E-state index is 0.0759. The molecule has 0 bridgehead atoms. The molecule has 0 saturated carbocycles. The average Bonchev–Trinajstić information content (AvgIpc) is 2.23. The van der Waals surface area contributed by atoms with Crippen molar-refractivity contribution in [2.75, 3.05) is 19.8 Å². The number of halogens is 1. The van der Waals surface area contributed by atoms with Crippen LogP contribution in [0, 0.1) is 5.41 Å². The predicted octanol–water partition coefficient (Wildman–Crippen LogP) is 1.50. The molecule has 0 radical (unpaired) electrons. The van der Waals surface area contributed by atoms with E-state index in [0.29, 0.717) is 30.5 Å². The van der Waals surface area contributed by atoms with Gasteiger partial charge in [0.25, 0.3) is 5.91 Å². The highest BCUT2D eigenvalue weighted by Gasteiger charge is 2.33. The highest BCUT2D eigenvalue weighted by Crippen LogP contribution is 2.25. The topological polar surface area (TPSA) is 51.2 Å². The molecule has 1 amide bonds. The third kappa shape index (κ3) is 2.51. The molecule has 16 heavy (non-hydrogen) atoms. The number of nitrogens with one attached hydrogen (secondary N) is 1. The SMILES string of the molecule is CC1(CNC(=O)c2ccnc(Cl)c2)COC1. The van der Waals surface area contributed by atoms with E-state index in [0.717, 1.165) is 0 Å². The molecule has 0 aliphatic carbocycles. The Kier molecular flexibility index (Phi) is 3.12. The highest BCUT2D eigenvalue weighted by atomic mass is 35.5. The van der Waals surface area contributed by atoms with Crippen LogP contribution in [0.3, 0.4) is 0 Å². The van der Waals surface area contributed by atoms with Gasteiger partial charge in [-0.15, -0.1) is 0 Å². The third-order valence-electron chi connectivity index (χ3n) is 2.57. The second-order valence-electron chi connectivity index (χ2n) is 4.35. The molecule has 0 aromatic carbocycles. The average molecular weight is 241 g/mol. The number of ether oxygens (including phenoxy) is 1. The Morgan fingerprint density at radius 1 is 1.69 bits per heavy atom. The fraction of sp³-hybridized carbons (Fsp3) is 0.455. The zero-order valence-corrected chi connectivity index (χ0v) is 9.75. The van der Waals surface area contributed by atoms with Crippen LogP contribution in [0.1, 0.15) is 17.3 Å². The van der Waals surface area contributed by atoms with E-state index < -0.39 is 0 Å². The van der Waals surface area contributed by atoms with E-state index in [9.17, 15) is 4.79 Å².